The monoisotopic (exact) mass is 492 g/mol. The Morgan fingerprint density at radius 3 is 2.43 bits per heavy atom. The molecule has 4 rings (SSSR count). The van der Waals surface area contributed by atoms with Gasteiger partial charge in [-0.25, -0.2) is 9.78 Å². The molecule has 35 heavy (non-hydrogen) atoms. The topological polar surface area (TPSA) is 116 Å². The first-order chi connectivity index (χ1) is 16.4. The van der Waals surface area contributed by atoms with E-state index in [0.29, 0.717) is 16.9 Å². The van der Waals surface area contributed by atoms with Gasteiger partial charge >= 0.3 is 12.4 Å². The number of anilines is 1. The van der Waals surface area contributed by atoms with Gasteiger partial charge in [-0.3, -0.25) is 9.59 Å². The molecule has 0 radical (unpaired) electrons. The van der Waals surface area contributed by atoms with Crippen LogP contribution in [0.4, 0.5) is 32.0 Å². The first-order valence-corrected chi connectivity index (χ1v) is 9.46. The van der Waals surface area contributed by atoms with Gasteiger partial charge in [0.1, 0.15) is 0 Å². The Morgan fingerprint density at radius 1 is 1.03 bits per heavy atom. The van der Waals surface area contributed by atoms with Crippen LogP contribution < -0.4 is 10.9 Å². The van der Waals surface area contributed by atoms with Gasteiger partial charge in [-0.05, 0) is 30.3 Å². The molecule has 4 aromatic rings. The van der Waals surface area contributed by atoms with E-state index in [-0.39, 0.29) is 16.5 Å². The van der Waals surface area contributed by atoms with E-state index in [1.54, 1.807) is 0 Å². The van der Waals surface area contributed by atoms with Crippen LogP contribution >= 0.6 is 0 Å². The van der Waals surface area contributed by atoms with Crippen molar-refractivity contribution in [2.24, 2.45) is 0 Å². The molecule has 0 aliphatic carbocycles. The predicted molar refractivity (Wildman–Crippen MR) is 109 cm³/mol. The van der Waals surface area contributed by atoms with Crippen molar-refractivity contribution in [3.63, 3.8) is 0 Å². The second-order valence-corrected chi connectivity index (χ2v) is 7.08. The van der Waals surface area contributed by atoms with Crippen LogP contribution in [0.15, 0.2) is 53.6 Å². The number of carbonyl (C=O) groups is 1. The SMILES string of the molecule is N#Cc1ccc(NC(=O)c2cnn(-c3cccc4c(=O)[nH]ncc34)c2C(F)(F)F)cc1C(F)(F)F. The van der Waals surface area contributed by atoms with Crippen LogP contribution in [-0.4, -0.2) is 25.9 Å². The Bertz CT molecular complexity index is 1560. The standard InChI is InChI=1S/C21H10F6N6O2/c22-20(23,24)15-6-11(5-4-10(15)7-28)31-18(34)14-9-30-33(17(14)21(25,26)27)16-3-1-2-12-13(16)8-29-32-19(12)35/h1-6,8-9H,(H,31,34)(H,32,35). The fraction of sp³-hybridized carbons (Fsp3) is 0.0952. The number of halogens is 6. The molecule has 0 atom stereocenters. The van der Waals surface area contributed by atoms with Gasteiger partial charge in [0.25, 0.3) is 11.5 Å². The molecule has 14 heteroatoms. The van der Waals surface area contributed by atoms with E-state index in [1.165, 1.54) is 24.3 Å². The molecule has 2 aromatic heterocycles. The zero-order valence-corrected chi connectivity index (χ0v) is 17.0. The number of benzene rings is 2. The number of aromatic amines is 1. The van der Waals surface area contributed by atoms with Crippen LogP contribution in [0, 0.1) is 11.3 Å². The van der Waals surface area contributed by atoms with E-state index in [2.05, 4.69) is 15.3 Å². The summed E-state index contributed by atoms with van der Waals surface area (Å²) >= 11 is 0. The molecule has 0 aliphatic rings. The lowest BCUT2D eigenvalue weighted by atomic mass is 10.1. The number of rotatable bonds is 3. The fourth-order valence-electron chi connectivity index (χ4n) is 3.41. The van der Waals surface area contributed by atoms with E-state index < -0.39 is 51.9 Å². The molecule has 178 valence electrons. The van der Waals surface area contributed by atoms with Crippen LogP contribution in [0.3, 0.4) is 0 Å². The van der Waals surface area contributed by atoms with Crippen LogP contribution in [0.2, 0.25) is 0 Å². The number of hydrogen-bond acceptors (Lipinski definition) is 5. The lowest BCUT2D eigenvalue weighted by Crippen LogP contribution is -2.21. The van der Waals surface area contributed by atoms with Crippen LogP contribution in [0.5, 0.6) is 0 Å². The minimum Gasteiger partial charge on any atom is -0.322 e. The smallest absolute Gasteiger partial charge is 0.322 e. The highest BCUT2D eigenvalue weighted by atomic mass is 19.4. The van der Waals surface area contributed by atoms with E-state index in [4.69, 9.17) is 5.26 Å². The van der Waals surface area contributed by atoms with Crippen molar-refractivity contribution in [2.75, 3.05) is 5.32 Å². The van der Waals surface area contributed by atoms with Crippen LogP contribution in [-0.2, 0) is 12.4 Å². The summed E-state index contributed by atoms with van der Waals surface area (Å²) in [4.78, 5) is 24.7. The Morgan fingerprint density at radius 2 is 1.77 bits per heavy atom. The second-order valence-electron chi connectivity index (χ2n) is 7.08. The molecule has 0 spiro atoms. The number of hydrogen-bond donors (Lipinski definition) is 2. The molecule has 0 saturated heterocycles. The Balaban J connectivity index is 1.81. The normalized spacial score (nSPS) is 11.9. The van der Waals surface area contributed by atoms with E-state index in [1.807, 2.05) is 5.32 Å². The quantitative estimate of drug-likeness (QED) is 0.415. The third-order valence-electron chi connectivity index (χ3n) is 4.90. The number of nitrogens with one attached hydrogen (secondary N) is 2. The summed E-state index contributed by atoms with van der Waals surface area (Å²) in [5.41, 5.74) is -5.94. The number of aromatic nitrogens is 4. The summed E-state index contributed by atoms with van der Waals surface area (Å²) in [6, 6.07) is 7.42. The van der Waals surface area contributed by atoms with Gasteiger partial charge in [-0.1, -0.05) is 6.07 Å². The lowest BCUT2D eigenvalue weighted by molar-refractivity contribution is -0.143. The average molecular weight is 492 g/mol. The van der Waals surface area contributed by atoms with Gasteiger partial charge in [0.15, 0.2) is 5.69 Å². The van der Waals surface area contributed by atoms with Crippen molar-refractivity contribution in [1.82, 2.24) is 20.0 Å². The Labute approximate surface area is 190 Å². The molecule has 0 fully saturated rings. The molecular formula is C21H10F6N6O2. The number of fused-ring (bicyclic) bond motifs is 1. The predicted octanol–water partition coefficient (Wildman–Crippen LogP) is 4.27. The van der Waals surface area contributed by atoms with Crippen molar-refractivity contribution in [1.29, 1.82) is 5.26 Å². The number of H-pyrrole nitrogens is 1. The molecule has 2 N–H and O–H groups in total. The first kappa shape index (κ1) is 23.5. The van der Waals surface area contributed by atoms with Gasteiger partial charge in [0, 0.05) is 11.1 Å². The summed E-state index contributed by atoms with van der Waals surface area (Å²) < 4.78 is 82.0. The van der Waals surface area contributed by atoms with E-state index >= 15 is 0 Å². The summed E-state index contributed by atoms with van der Waals surface area (Å²) in [7, 11) is 0. The van der Waals surface area contributed by atoms with Crippen molar-refractivity contribution in [3.05, 3.63) is 81.5 Å². The summed E-state index contributed by atoms with van der Waals surface area (Å²) in [6.45, 7) is 0. The summed E-state index contributed by atoms with van der Waals surface area (Å²) in [5, 5.41) is 20.2. The minimum absolute atomic E-state index is 0.0127. The molecule has 2 heterocycles. The van der Waals surface area contributed by atoms with Crippen LogP contribution in [0.1, 0.15) is 27.2 Å². The molecule has 0 unspecified atom stereocenters. The molecule has 1 amide bonds. The molecule has 0 aliphatic heterocycles. The van der Waals surface area contributed by atoms with Crippen molar-refractivity contribution in [2.45, 2.75) is 12.4 Å². The lowest BCUT2D eigenvalue weighted by Gasteiger charge is -2.15. The summed E-state index contributed by atoms with van der Waals surface area (Å²) in [6.07, 6.45) is -8.34. The molecular weight excluding hydrogens is 482 g/mol. The number of nitriles is 1. The van der Waals surface area contributed by atoms with Gasteiger partial charge < -0.3 is 5.32 Å². The van der Waals surface area contributed by atoms with E-state index in [0.717, 1.165) is 18.3 Å². The zero-order chi connectivity index (χ0) is 25.5. The van der Waals surface area contributed by atoms with E-state index in [9.17, 15) is 35.9 Å². The molecule has 0 saturated carbocycles. The maximum atomic E-state index is 14.0. The number of nitrogens with zero attached hydrogens (tertiary/aromatic N) is 4. The maximum absolute atomic E-state index is 14.0. The van der Waals surface area contributed by atoms with Gasteiger partial charge in [-0.15, -0.1) is 0 Å². The Hall–Kier alpha value is -4.67. The maximum Gasteiger partial charge on any atom is 0.434 e. The number of amides is 1. The van der Waals surface area contributed by atoms with Gasteiger partial charge in [-0.2, -0.15) is 41.8 Å². The second kappa shape index (κ2) is 8.28. The highest BCUT2D eigenvalue weighted by Gasteiger charge is 2.41. The molecule has 0 bridgehead atoms. The summed E-state index contributed by atoms with van der Waals surface area (Å²) in [5.74, 6) is -1.39. The van der Waals surface area contributed by atoms with Crippen molar-refractivity contribution >= 4 is 22.4 Å². The average Bonchev–Trinajstić information content (AvgIpc) is 3.24. The Kier molecular flexibility index (Phi) is 5.55. The van der Waals surface area contributed by atoms with Crippen molar-refractivity contribution < 1.29 is 31.1 Å². The van der Waals surface area contributed by atoms with Gasteiger partial charge in [0.2, 0.25) is 0 Å². The third kappa shape index (κ3) is 4.31. The fourth-order valence-corrected chi connectivity index (χ4v) is 3.41. The largest absolute Gasteiger partial charge is 0.434 e. The zero-order valence-electron chi connectivity index (χ0n) is 17.0. The highest BCUT2D eigenvalue weighted by molar-refractivity contribution is 6.05. The molecule has 2 aromatic carbocycles. The minimum atomic E-state index is -5.12. The molecule has 8 nitrogen and oxygen atoms in total. The van der Waals surface area contributed by atoms with Crippen molar-refractivity contribution in [3.8, 4) is 11.8 Å². The third-order valence-corrected chi connectivity index (χ3v) is 4.90. The number of carbonyl (C=O) groups excluding carboxylic acids is 1. The van der Waals surface area contributed by atoms with Gasteiger partial charge in [0.05, 0.1) is 46.2 Å². The highest BCUT2D eigenvalue weighted by Crippen LogP contribution is 2.36. The first-order valence-electron chi connectivity index (χ1n) is 9.46. The number of alkyl halides is 6. The van der Waals surface area contributed by atoms with Crippen LogP contribution in [0.25, 0.3) is 16.5 Å².